The first-order valence-corrected chi connectivity index (χ1v) is 10.8. The first-order chi connectivity index (χ1) is 14.8. The Labute approximate surface area is 186 Å². The predicted molar refractivity (Wildman–Crippen MR) is 116 cm³/mol. The summed E-state index contributed by atoms with van der Waals surface area (Å²) >= 11 is 0. The number of amides is 1. The molecule has 0 aliphatic rings. The molecule has 0 aromatic rings. The van der Waals surface area contributed by atoms with Crippen molar-refractivity contribution in [2.75, 3.05) is 92.9 Å². The maximum atomic E-state index is 12.1. The van der Waals surface area contributed by atoms with Crippen molar-refractivity contribution in [2.45, 2.75) is 32.7 Å². The van der Waals surface area contributed by atoms with Crippen LogP contribution >= 0.6 is 0 Å². The third-order valence-electron chi connectivity index (χ3n) is 4.66. The molecular formula is C21H42N2O8. The summed E-state index contributed by atoms with van der Waals surface area (Å²) in [4.78, 5) is 25.1. The van der Waals surface area contributed by atoms with E-state index in [0.29, 0.717) is 85.8 Å². The van der Waals surface area contributed by atoms with Crippen LogP contribution in [0, 0.1) is 0 Å². The second-order valence-corrected chi connectivity index (χ2v) is 7.28. The van der Waals surface area contributed by atoms with Crippen LogP contribution in [-0.4, -0.2) is 115 Å². The van der Waals surface area contributed by atoms with E-state index < -0.39 is 5.54 Å². The molecule has 0 rings (SSSR count). The normalized spacial score (nSPS) is 11.6. The molecule has 10 nitrogen and oxygen atoms in total. The van der Waals surface area contributed by atoms with Crippen LogP contribution in [0.3, 0.4) is 0 Å². The molecule has 0 aromatic carbocycles. The van der Waals surface area contributed by atoms with E-state index in [1.165, 1.54) is 11.8 Å². The lowest BCUT2D eigenvalue weighted by Crippen LogP contribution is -2.50. The second kappa shape index (κ2) is 19.5. The number of ether oxygens (including phenoxy) is 6. The summed E-state index contributed by atoms with van der Waals surface area (Å²) in [6.45, 7) is 11.2. The van der Waals surface area contributed by atoms with Gasteiger partial charge in [-0.05, 0) is 20.8 Å². The molecule has 0 atom stereocenters. The number of nitrogens with two attached hydrogens (primary N) is 1. The molecule has 0 radical (unpaired) electrons. The lowest BCUT2D eigenvalue weighted by molar-refractivity contribution is -0.142. The molecule has 0 heterocycles. The predicted octanol–water partition coefficient (Wildman–Crippen LogP) is 0.261. The van der Waals surface area contributed by atoms with Gasteiger partial charge in [0.2, 0.25) is 5.91 Å². The Hall–Kier alpha value is -1.14. The summed E-state index contributed by atoms with van der Waals surface area (Å²) in [5, 5.41) is 0. The summed E-state index contributed by atoms with van der Waals surface area (Å²) in [7, 11) is 1.63. The summed E-state index contributed by atoms with van der Waals surface area (Å²) in [5.41, 5.74) is 4.50. The summed E-state index contributed by atoms with van der Waals surface area (Å²) in [6.07, 6.45) is 0.226. The van der Waals surface area contributed by atoms with Gasteiger partial charge in [0, 0.05) is 13.6 Å². The molecule has 0 spiro atoms. The average molecular weight is 451 g/mol. The Kier molecular flexibility index (Phi) is 18.8. The fourth-order valence-electron chi connectivity index (χ4n) is 2.16. The summed E-state index contributed by atoms with van der Waals surface area (Å²) in [6, 6.07) is 0. The van der Waals surface area contributed by atoms with E-state index in [1.54, 1.807) is 20.9 Å². The first-order valence-electron chi connectivity index (χ1n) is 10.8. The minimum absolute atomic E-state index is 0.0549. The number of nitrogens with zero attached hydrogens (tertiary/aromatic N) is 1. The molecular weight excluding hydrogens is 408 g/mol. The molecule has 31 heavy (non-hydrogen) atoms. The van der Waals surface area contributed by atoms with Gasteiger partial charge in [0.15, 0.2) is 5.78 Å². The number of ketones is 1. The zero-order valence-corrected chi connectivity index (χ0v) is 19.7. The largest absolute Gasteiger partial charge is 0.379 e. The van der Waals surface area contributed by atoms with Crippen molar-refractivity contribution in [1.29, 1.82) is 0 Å². The Balaban J connectivity index is 3.33. The molecule has 0 aromatic heterocycles. The fourth-order valence-corrected chi connectivity index (χ4v) is 2.16. The number of hydrogen-bond donors (Lipinski definition) is 1. The molecule has 0 fully saturated rings. The van der Waals surface area contributed by atoms with Crippen LogP contribution in [0.5, 0.6) is 0 Å². The van der Waals surface area contributed by atoms with E-state index in [-0.39, 0.29) is 18.1 Å². The molecule has 184 valence electrons. The van der Waals surface area contributed by atoms with Crippen LogP contribution in [0.2, 0.25) is 0 Å². The highest BCUT2D eigenvalue weighted by atomic mass is 16.6. The molecule has 0 aliphatic carbocycles. The van der Waals surface area contributed by atoms with Crippen LogP contribution in [0.15, 0.2) is 0 Å². The molecule has 10 heteroatoms. The fraction of sp³-hybridized carbons (Fsp3) is 0.905. The third kappa shape index (κ3) is 16.2. The van der Waals surface area contributed by atoms with Crippen molar-refractivity contribution in [3.8, 4) is 0 Å². The second-order valence-electron chi connectivity index (χ2n) is 7.28. The van der Waals surface area contributed by atoms with Crippen molar-refractivity contribution < 1.29 is 38.0 Å². The Morgan fingerprint density at radius 3 is 1.32 bits per heavy atom. The van der Waals surface area contributed by atoms with Gasteiger partial charge >= 0.3 is 0 Å². The smallest absolute Gasteiger partial charge is 0.225 e. The Morgan fingerprint density at radius 2 is 1.00 bits per heavy atom. The van der Waals surface area contributed by atoms with Crippen LogP contribution in [0.1, 0.15) is 27.2 Å². The molecule has 0 aliphatic heterocycles. The van der Waals surface area contributed by atoms with Crippen LogP contribution < -0.4 is 5.73 Å². The first kappa shape index (κ1) is 29.9. The van der Waals surface area contributed by atoms with Gasteiger partial charge in [-0.2, -0.15) is 0 Å². The average Bonchev–Trinajstić information content (AvgIpc) is 2.74. The number of likely N-dealkylation sites (N-methyl/N-ethyl adjacent to an activating group) is 1. The minimum atomic E-state index is -0.807. The van der Waals surface area contributed by atoms with Crippen LogP contribution in [0.25, 0.3) is 0 Å². The van der Waals surface area contributed by atoms with Crippen LogP contribution in [0.4, 0.5) is 0 Å². The molecule has 0 saturated heterocycles. The SMILES string of the molecule is CC(=O)C(C)(C)N(C)C(=O)CCOCCOCCOCCOCCOCCOCCN. The van der Waals surface area contributed by atoms with Gasteiger partial charge < -0.3 is 39.1 Å². The van der Waals surface area contributed by atoms with Gasteiger partial charge in [0.05, 0.1) is 91.2 Å². The minimum Gasteiger partial charge on any atom is -0.379 e. The monoisotopic (exact) mass is 450 g/mol. The zero-order chi connectivity index (χ0) is 23.4. The van der Waals surface area contributed by atoms with Crippen molar-refractivity contribution in [1.82, 2.24) is 4.90 Å². The quantitative estimate of drug-likeness (QED) is 0.232. The highest BCUT2D eigenvalue weighted by molar-refractivity contribution is 5.90. The zero-order valence-electron chi connectivity index (χ0n) is 19.7. The lowest BCUT2D eigenvalue weighted by atomic mass is 9.98. The molecule has 0 unspecified atom stereocenters. The topological polar surface area (TPSA) is 119 Å². The lowest BCUT2D eigenvalue weighted by Gasteiger charge is -2.33. The van der Waals surface area contributed by atoms with E-state index in [2.05, 4.69) is 0 Å². The Bertz CT molecular complexity index is 463. The van der Waals surface area contributed by atoms with Gasteiger partial charge in [-0.25, -0.2) is 0 Å². The maximum absolute atomic E-state index is 12.1. The van der Waals surface area contributed by atoms with Gasteiger partial charge in [-0.1, -0.05) is 0 Å². The van der Waals surface area contributed by atoms with E-state index in [1.807, 2.05) is 0 Å². The van der Waals surface area contributed by atoms with Gasteiger partial charge in [-0.15, -0.1) is 0 Å². The summed E-state index contributed by atoms with van der Waals surface area (Å²) in [5.74, 6) is -0.180. The number of hydrogen-bond acceptors (Lipinski definition) is 9. The van der Waals surface area contributed by atoms with Gasteiger partial charge in [0.1, 0.15) is 0 Å². The highest BCUT2D eigenvalue weighted by Crippen LogP contribution is 2.14. The van der Waals surface area contributed by atoms with E-state index in [4.69, 9.17) is 34.2 Å². The molecule has 2 N–H and O–H groups in total. The molecule has 0 saturated carbocycles. The number of carbonyl (C=O) groups is 2. The number of Topliss-reactive ketones (excluding diaryl/α,β-unsaturated/α-hetero) is 1. The van der Waals surface area contributed by atoms with Crippen molar-refractivity contribution in [2.24, 2.45) is 5.73 Å². The highest BCUT2D eigenvalue weighted by Gasteiger charge is 2.31. The third-order valence-corrected chi connectivity index (χ3v) is 4.66. The maximum Gasteiger partial charge on any atom is 0.225 e. The van der Waals surface area contributed by atoms with Gasteiger partial charge in [-0.3, -0.25) is 9.59 Å². The van der Waals surface area contributed by atoms with E-state index in [9.17, 15) is 9.59 Å². The van der Waals surface area contributed by atoms with Crippen LogP contribution in [-0.2, 0) is 38.0 Å². The number of carbonyl (C=O) groups excluding carboxylic acids is 2. The van der Waals surface area contributed by atoms with Crippen molar-refractivity contribution in [3.05, 3.63) is 0 Å². The van der Waals surface area contributed by atoms with Gasteiger partial charge in [0.25, 0.3) is 0 Å². The molecule has 0 bridgehead atoms. The van der Waals surface area contributed by atoms with E-state index >= 15 is 0 Å². The standard InChI is InChI=1S/C21H42N2O8/c1-19(24)21(2,3)23(4)20(25)5-7-26-9-11-28-13-15-30-17-18-31-16-14-29-12-10-27-8-6-22/h5-18,22H2,1-4H3. The summed E-state index contributed by atoms with van der Waals surface area (Å²) < 4.78 is 32.1. The van der Waals surface area contributed by atoms with E-state index in [0.717, 1.165) is 0 Å². The number of rotatable bonds is 22. The molecule has 1 amide bonds. The van der Waals surface area contributed by atoms with Crippen molar-refractivity contribution in [3.63, 3.8) is 0 Å². The Morgan fingerprint density at radius 1 is 0.677 bits per heavy atom. The van der Waals surface area contributed by atoms with Crippen molar-refractivity contribution >= 4 is 11.7 Å².